The first-order valence-corrected chi connectivity index (χ1v) is 7.71. The van der Waals surface area contributed by atoms with Crippen LogP contribution in [0.4, 0.5) is 5.69 Å². The van der Waals surface area contributed by atoms with E-state index in [-0.39, 0.29) is 17.8 Å². The lowest BCUT2D eigenvalue weighted by molar-refractivity contribution is -0.385. The van der Waals surface area contributed by atoms with Crippen LogP contribution in [-0.4, -0.2) is 44.1 Å². The molecule has 8 heteroatoms. The molecular formula is C18H20N2O6. The van der Waals surface area contributed by atoms with E-state index in [1.54, 1.807) is 25.2 Å². The highest BCUT2D eigenvalue weighted by Crippen LogP contribution is 2.40. The van der Waals surface area contributed by atoms with Crippen LogP contribution < -0.4 is 14.2 Å². The Kier molecular flexibility index (Phi) is 6.00. The second-order valence-electron chi connectivity index (χ2n) is 5.43. The van der Waals surface area contributed by atoms with E-state index in [4.69, 9.17) is 14.2 Å². The molecule has 0 aliphatic rings. The average molecular weight is 360 g/mol. The highest BCUT2D eigenvalue weighted by atomic mass is 16.6. The van der Waals surface area contributed by atoms with Crippen LogP contribution in [0.3, 0.4) is 0 Å². The van der Waals surface area contributed by atoms with E-state index >= 15 is 0 Å². The van der Waals surface area contributed by atoms with Crippen LogP contribution in [0, 0.1) is 10.1 Å². The number of nitro groups is 1. The van der Waals surface area contributed by atoms with Crippen LogP contribution in [0.2, 0.25) is 0 Å². The molecule has 8 nitrogen and oxygen atoms in total. The summed E-state index contributed by atoms with van der Waals surface area (Å²) in [6.45, 7) is 0.175. The Morgan fingerprint density at radius 3 is 2.27 bits per heavy atom. The molecule has 0 aromatic heterocycles. The first-order chi connectivity index (χ1) is 12.4. The summed E-state index contributed by atoms with van der Waals surface area (Å²) in [6, 6.07) is 9.31. The maximum Gasteiger partial charge on any atom is 0.282 e. The van der Waals surface area contributed by atoms with Gasteiger partial charge in [-0.1, -0.05) is 12.1 Å². The predicted octanol–water partition coefficient (Wildman–Crippen LogP) is 2.89. The highest BCUT2D eigenvalue weighted by molar-refractivity contribution is 5.98. The van der Waals surface area contributed by atoms with Gasteiger partial charge in [0.25, 0.3) is 11.6 Å². The Morgan fingerprint density at radius 1 is 1.04 bits per heavy atom. The Morgan fingerprint density at radius 2 is 1.69 bits per heavy atom. The van der Waals surface area contributed by atoms with Crippen molar-refractivity contribution in [1.82, 2.24) is 4.90 Å². The second kappa shape index (κ2) is 8.19. The molecule has 2 aromatic carbocycles. The average Bonchev–Trinajstić information content (AvgIpc) is 2.66. The Hall–Kier alpha value is -3.29. The van der Waals surface area contributed by atoms with Gasteiger partial charge in [0.1, 0.15) is 5.56 Å². The van der Waals surface area contributed by atoms with Crippen molar-refractivity contribution in [3.05, 3.63) is 57.6 Å². The number of hydrogen-bond acceptors (Lipinski definition) is 6. The van der Waals surface area contributed by atoms with Gasteiger partial charge in [0.2, 0.25) is 5.75 Å². The second-order valence-corrected chi connectivity index (χ2v) is 5.43. The van der Waals surface area contributed by atoms with Gasteiger partial charge in [-0.3, -0.25) is 14.9 Å². The van der Waals surface area contributed by atoms with Gasteiger partial charge in [0, 0.05) is 25.2 Å². The van der Waals surface area contributed by atoms with E-state index in [1.165, 1.54) is 44.4 Å². The van der Waals surface area contributed by atoms with Crippen molar-refractivity contribution >= 4 is 11.6 Å². The summed E-state index contributed by atoms with van der Waals surface area (Å²) >= 11 is 0. The van der Waals surface area contributed by atoms with Crippen LogP contribution in [0.1, 0.15) is 15.9 Å². The molecule has 0 N–H and O–H groups in total. The van der Waals surface area contributed by atoms with Gasteiger partial charge in [0.15, 0.2) is 11.5 Å². The maximum absolute atomic E-state index is 12.7. The van der Waals surface area contributed by atoms with E-state index in [0.717, 1.165) is 0 Å². The molecule has 0 aliphatic heterocycles. The van der Waals surface area contributed by atoms with Gasteiger partial charge in [-0.05, 0) is 18.2 Å². The van der Waals surface area contributed by atoms with Crippen molar-refractivity contribution in [2.45, 2.75) is 6.54 Å². The molecule has 1 amide bonds. The first kappa shape index (κ1) is 19.0. The fraction of sp³-hybridized carbons (Fsp3) is 0.278. The van der Waals surface area contributed by atoms with Crippen LogP contribution in [0.25, 0.3) is 0 Å². The molecule has 0 spiro atoms. The number of methoxy groups -OCH3 is 3. The minimum Gasteiger partial charge on any atom is -0.493 e. The van der Waals surface area contributed by atoms with Crippen LogP contribution in [0.15, 0.2) is 36.4 Å². The molecule has 0 atom stereocenters. The fourth-order valence-corrected chi connectivity index (χ4v) is 2.63. The minimum atomic E-state index is -0.571. The highest BCUT2D eigenvalue weighted by Gasteiger charge is 2.24. The smallest absolute Gasteiger partial charge is 0.282 e. The van der Waals surface area contributed by atoms with Crippen LogP contribution >= 0.6 is 0 Å². The van der Waals surface area contributed by atoms with Crippen molar-refractivity contribution in [3.8, 4) is 17.2 Å². The van der Waals surface area contributed by atoms with Crippen LogP contribution in [0.5, 0.6) is 17.2 Å². The molecule has 26 heavy (non-hydrogen) atoms. The lowest BCUT2D eigenvalue weighted by Gasteiger charge is -2.21. The predicted molar refractivity (Wildman–Crippen MR) is 95.0 cm³/mol. The van der Waals surface area contributed by atoms with Crippen molar-refractivity contribution in [2.75, 3.05) is 28.4 Å². The maximum atomic E-state index is 12.7. The number of benzene rings is 2. The Bertz CT molecular complexity index is 821. The Balaban J connectivity index is 2.34. The van der Waals surface area contributed by atoms with Crippen molar-refractivity contribution in [2.24, 2.45) is 0 Å². The zero-order chi connectivity index (χ0) is 19.3. The Labute approximate surface area is 151 Å². The lowest BCUT2D eigenvalue weighted by Crippen LogP contribution is -2.27. The van der Waals surface area contributed by atoms with E-state index < -0.39 is 10.8 Å². The third-order valence-corrected chi connectivity index (χ3v) is 3.87. The first-order valence-electron chi connectivity index (χ1n) is 7.71. The van der Waals surface area contributed by atoms with Gasteiger partial charge in [0.05, 0.1) is 26.3 Å². The largest absolute Gasteiger partial charge is 0.493 e. The number of rotatable bonds is 7. The third kappa shape index (κ3) is 3.69. The summed E-state index contributed by atoms with van der Waals surface area (Å²) in [7, 11) is 6.06. The molecular weight excluding hydrogens is 340 g/mol. The molecule has 0 heterocycles. The van der Waals surface area contributed by atoms with Crippen molar-refractivity contribution in [3.63, 3.8) is 0 Å². The molecule has 0 saturated carbocycles. The zero-order valence-electron chi connectivity index (χ0n) is 15.0. The zero-order valence-corrected chi connectivity index (χ0v) is 15.0. The number of nitro benzene ring substituents is 1. The molecule has 138 valence electrons. The number of nitrogens with zero attached hydrogens (tertiary/aromatic N) is 2. The SMILES string of the molecule is COc1ccc(CN(C)C(=O)c2ccccc2[N+](=O)[O-])c(OC)c1OC. The van der Waals surface area contributed by atoms with Crippen molar-refractivity contribution in [1.29, 1.82) is 0 Å². The topological polar surface area (TPSA) is 91.1 Å². The summed E-state index contributed by atoms with van der Waals surface area (Å²) < 4.78 is 16.0. The summed E-state index contributed by atoms with van der Waals surface area (Å²) in [4.78, 5) is 24.6. The number of carbonyl (C=O) groups is 1. The molecule has 0 saturated heterocycles. The van der Waals surface area contributed by atoms with Crippen molar-refractivity contribution < 1.29 is 23.9 Å². The standard InChI is InChI=1S/C18H20N2O6/c1-19(18(21)13-7-5-6-8-14(13)20(22)23)11-12-9-10-15(24-2)17(26-4)16(12)25-3/h5-10H,11H2,1-4H3. The number of carbonyl (C=O) groups excluding carboxylic acids is 1. The lowest BCUT2D eigenvalue weighted by atomic mass is 10.1. The molecule has 2 rings (SSSR count). The van der Waals surface area contributed by atoms with Gasteiger partial charge < -0.3 is 19.1 Å². The van der Waals surface area contributed by atoms with Gasteiger partial charge in [-0.25, -0.2) is 0 Å². The summed E-state index contributed by atoms with van der Waals surface area (Å²) in [6.07, 6.45) is 0. The van der Waals surface area contributed by atoms with E-state index in [9.17, 15) is 14.9 Å². The number of hydrogen-bond donors (Lipinski definition) is 0. The fourth-order valence-electron chi connectivity index (χ4n) is 2.63. The third-order valence-electron chi connectivity index (χ3n) is 3.87. The van der Waals surface area contributed by atoms with Gasteiger partial charge in [-0.15, -0.1) is 0 Å². The van der Waals surface area contributed by atoms with Gasteiger partial charge >= 0.3 is 0 Å². The van der Waals surface area contributed by atoms with E-state index in [0.29, 0.717) is 22.8 Å². The molecule has 0 fully saturated rings. The number of ether oxygens (including phenoxy) is 3. The molecule has 0 bridgehead atoms. The summed E-state index contributed by atoms with van der Waals surface area (Å²) in [5, 5.41) is 11.1. The quantitative estimate of drug-likeness (QED) is 0.557. The number of amides is 1. The molecule has 0 aliphatic carbocycles. The summed E-state index contributed by atoms with van der Waals surface area (Å²) in [5.74, 6) is 0.892. The molecule has 2 aromatic rings. The van der Waals surface area contributed by atoms with Crippen LogP contribution in [-0.2, 0) is 6.54 Å². The van der Waals surface area contributed by atoms with E-state index in [1.807, 2.05) is 0 Å². The van der Waals surface area contributed by atoms with Gasteiger partial charge in [-0.2, -0.15) is 0 Å². The van der Waals surface area contributed by atoms with E-state index in [2.05, 4.69) is 0 Å². The molecule has 0 radical (unpaired) electrons. The molecule has 0 unspecified atom stereocenters. The normalized spacial score (nSPS) is 10.2. The minimum absolute atomic E-state index is 0.0273. The monoisotopic (exact) mass is 360 g/mol. The number of para-hydroxylation sites is 1. The summed E-state index contributed by atoms with van der Waals surface area (Å²) in [5.41, 5.74) is 0.475.